The zero-order chi connectivity index (χ0) is 18.8. The fourth-order valence-electron chi connectivity index (χ4n) is 2.82. The van der Waals surface area contributed by atoms with Gasteiger partial charge >= 0.3 is 7.12 Å². The van der Waals surface area contributed by atoms with E-state index >= 15 is 0 Å². The molecule has 26 heavy (non-hydrogen) atoms. The molecule has 0 N–H and O–H groups in total. The molecule has 1 aliphatic heterocycles. The van der Waals surface area contributed by atoms with Crippen LogP contribution in [0.15, 0.2) is 36.7 Å². The Morgan fingerprint density at radius 2 is 1.88 bits per heavy atom. The second-order valence-corrected chi connectivity index (χ2v) is 7.91. The molecule has 1 saturated heterocycles. The van der Waals surface area contributed by atoms with Crippen molar-refractivity contribution in [3.05, 3.63) is 42.2 Å². The van der Waals surface area contributed by atoms with E-state index in [-0.39, 0.29) is 18.3 Å². The Bertz CT molecular complexity index is 726. The van der Waals surface area contributed by atoms with Gasteiger partial charge in [-0.15, -0.1) is 0 Å². The maximum atomic E-state index is 6.09. The summed E-state index contributed by atoms with van der Waals surface area (Å²) >= 11 is 0. The van der Waals surface area contributed by atoms with Gasteiger partial charge in [-0.2, -0.15) is 5.10 Å². The second-order valence-electron chi connectivity index (χ2n) is 7.91. The minimum atomic E-state index is -0.377. The van der Waals surface area contributed by atoms with Crippen LogP contribution in [-0.4, -0.2) is 34.7 Å². The molecule has 1 fully saturated rings. The third kappa shape index (κ3) is 4.13. The Labute approximate surface area is 156 Å². The summed E-state index contributed by atoms with van der Waals surface area (Å²) in [6.45, 7) is 11.8. The van der Waals surface area contributed by atoms with Crippen LogP contribution in [-0.2, 0) is 15.9 Å². The topological polar surface area (TPSA) is 45.5 Å². The van der Waals surface area contributed by atoms with Gasteiger partial charge in [0.25, 0.3) is 0 Å². The van der Waals surface area contributed by atoms with Crippen molar-refractivity contribution in [3.63, 3.8) is 0 Å². The van der Waals surface area contributed by atoms with E-state index in [0.29, 0.717) is 6.54 Å². The summed E-state index contributed by atoms with van der Waals surface area (Å²) < 4.78 is 19.9. The van der Waals surface area contributed by atoms with Crippen LogP contribution in [0.3, 0.4) is 0 Å². The number of hydrogen-bond donors (Lipinski definition) is 0. The predicted octanol–water partition coefficient (Wildman–Crippen LogP) is 3.41. The van der Waals surface area contributed by atoms with E-state index < -0.39 is 0 Å². The Morgan fingerprint density at radius 1 is 1.15 bits per heavy atom. The largest absolute Gasteiger partial charge is 0.498 e. The summed E-state index contributed by atoms with van der Waals surface area (Å²) in [7, 11) is -0.377. The minimum absolute atomic E-state index is 0.343. The molecule has 5 nitrogen and oxygen atoms in total. The molecule has 2 heterocycles. The maximum absolute atomic E-state index is 6.09. The molecule has 1 aliphatic rings. The first-order valence-electron chi connectivity index (χ1n) is 9.40. The fraction of sp³-hybridized carbons (Fsp3) is 0.550. The van der Waals surface area contributed by atoms with Crippen molar-refractivity contribution < 1.29 is 14.0 Å². The van der Waals surface area contributed by atoms with E-state index in [1.165, 1.54) is 0 Å². The predicted molar refractivity (Wildman–Crippen MR) is 104 cm³/mol. The fourth-order valence-corrected chi connectivity index (χ4v) is 2.82. The molecular formula is C20H29BN2O3. The van der Waals surface area contributed by atoms with Gasteiger partial charge in [0.1, 0.15) is 5.75 Å². The van der Waals surface area contributed by atoms with Gasteiger partial charge in [-0.1, -0.05) is 25.5 Å². The van der Waals surface area contributed by atoms with E-state index in [4.69, 9.17) is 14.0 Å². The van der Waals surface area contributed by atoms with Crippen LogP contribution in [0.5, 0.6) is 5.75 Å². The first-order chi connectivity index (χ1) is 12.3. The smallest absolute Gasteiger partial charge is 0.494 e. The number of rotatable bonds is 7. The lowest BCUT2D eigenvalue weighted by Gasteiger charge is -2.32. The molecule has 0 aliphatic carbocycles. The molecule has 0 saturated carbocycles. The third-order valence-electron chi connectivity index (χ3n) is 5.19. The van der Waals surface area contributed by atoms with Crippen molar-refractivity contribution >= 4 is 12.6 Å². The summed E-state index contributed by atoms with van der Waals surface area (Å²) in [5.74, 6) is 0.911. The van der Waals surface area contributed by atoms with Gasteiger partial charge in [-0.25, -0.2) is 0 Å². The molecule has 3 rings (SSSR count). The molecular weight excluding hydrogens is 327 g/mol. The van der Waals surface area contributed by atoms with E-state index in [1.807, 2.05) is 29.2 Å². The van der Waals surface area contributed by atoms with Crippen LogP contribution < -0.4 is 10.2 Å². The molecule has 0 radical (unpaired) electrons. The Balaban J connectivity index is 1.65. The molecule has 0 amide bonds. The minimum Gasteiger partial charge on any atom is -0.494 e. The highest BCUT2D eigenvalue weighted by Crippen LogP contribution is 2.36. The molecule has 1 aromatic heterocycles. The van der Waals surface area contributed by atoms with Crippen molar-refractivity contribution in [3.8, 4) is 5.75 Å². The van der Waals surface area contributed by atoms with Crippen molar-refractivity contribution in [2.24, 2.45) is 0 Å². The van der Waals surface area contributed by atoms with Crippen LogP contribution >= 0.6 is 0 Å². The number of aromatic nitrogens is 2. The van der Waals surface area contributed by atoms with Gasteiger partial charge in [0.05, 0.1) is 24.4 Å². The lowest BCUT2D eigenvalue weighted by atomic mass is 9.82. The van der Waals surface area contributed by atoms with Gasteiger partial charge in [0.2, 0.25) is 0 Å². The summed E-state index contributed by atoms with van der Waals surface area (Å²) in [6.07, 6.45) is 6.02. The molecule has 0 atom stereocenters. The quantitative estimate of drug-likeness (QED) is 0.563. The van der Waals surface area contributed by atoms with E-state index in [9.17, 15) is 0 Å². The van der Waals surface area contributed by atoms with E-state index in [2.05, 4.69) is 51.9 Å². The normalized spacial score (nSPS) is 18.3. The lowest BCUT2D eigenvalue weighted by Crippen LogP contribution is -2.41. The summed E-state index contributed by atoms with van der Waals surface area (Å²) in [5, 5.41) is 4.47. The first kappa shape index (κ1) is 19.0. The second kappa shape index (κ2) is 7.45. The Kier molecular flexibility index (Phi) is 5.44. The van der Waals surface area contributed by atoms with Crippen LogP contribution in [0.1, 0.15) is 53.0 Å². The molecule has 0 spiro atoms. The van der Waals surface area contributed by atoms with Crippen molar-refractivity contribution in [2.75, 3.05) is 6.61 Å². The Morgan fingerprint density at radius 3 is 2.58 bits per heavy atom. The summed E-state index contributed by atoms with van der Waals surface area (Å²) in [6, 6.07) is 8.18. The first-order valence-corrected chi connectivity index (χ1v) is 9.40. The summed E-state index contributed by atoms with van der Waals surface area (Å²) in [5.41, 5.74) is 1.41. The van der Waals surface area contributed by atoms with Crippen LogP contribution in [0.4, 0.5) is 0 Å². The molecule has 0 bridgehead atoms. The number of nitrogens with zero attached hydrogens (tertiary/aromatic N) is 2. The molecule has 6 heteroatoms. The van der Waals surface area contributed by atoms with Crippen LogP contribution in [0.2, 0.25) is 0 Å². The molecule has 0 unspecified atom stereocenters. The van der Waals surface area contributed by atoms with Gasteiger partial charge < -0.3 is 14.0 Å². The monoisotopic (exact) mass is 356 g/mol. The number of unbranched alkanes of at least 4 members (excludes halogenated alkanes) is 1. The van der Waals surface area contributed by atoms with Crippen molar-refractivity contribution in [1.82, 2.24) is 9.78 Å². The average Bonchev–Trinajstić information content (AvgIpc) is 3.10. The van der Waals surface area contributed by atoms with Gasteiger partial charge in [-0.3, -0.25) is 4.68 Å². The number of ether oxygens (including phenoxy) is 1. The third-order valence-corrected chi connectivity index (χ3v) is 5.19. The summed E-state index contributed by atoms with van der Waals surface area (Å²) in [4.78, 5) is 0. The van der Waals surface area contributed by atoms with Crippen LogP contribution in [0.25, 0.3) is 0 Å². The zero-order valence-electron chi connectivity index (χ0n) is 16.5. The van der Waals surface area contributed by atoms with Crippen LogP contribution in [0, 0.1) is 0 Å². The maximum Gasteiger partial charge on any atom is 0.498 e. The number of hydrogen-bond acceptors (Lipinski definition) is 4. The average molecular weight is 356 g/mol. The Hall–Kier alpha value is -1.79. The highest BCUT2D eigenvalue weighted by atomic mass is 16.7. The highest BCUT2D eigenvalue weighted by Gasteiger charge is 2.52. The molecule has 140 valence electrons. The standard InChI is InChI=1S/C20H29BN2O3/c1-6-7-11-24-18-10-8-9-16(12-18)14-23-15-17(13-22-23)21-25-19(2,3)20(4,5)26-21/h8-10,12-13,15H,6-7,11,14H2,1-5H3. The SMILES string of the molecule is CCCCOc1cccc(Cn2cc(B3OC(C)(C)C(C)(C)O3)cn2)c1. The lowest BCUT2D eigenvalue weighted by molar-refractivity contribution is 0.00578. The van der Waals surface area contributed by atoms with Gasteiger partial charge in [-0.05, 0) is 51.8 Å². The van der Waals surface area contributed by atoms with E-state index in [0.717, 1.165) is 36.2 Å². The van der Waals surface area contributed by atoms with Crippen molar-refractivity contribution in [2.45, 2.75) is 65.2 Å². The molecule has 1 aromatic carbocycles. The van der Waals surface area contributed by atoms with Gasteiger partial charge in [0, 0.05) is 17.9 Å². The molecule has 2 aromatic rings. The zero-order valence-corrected chi connectivity index (χ0v) is 16.5. The van der Waals surface area contributed by atoms with Gasteiger partial charge in [0.15, 0.2) is 0 Å². The highest BCUT2D eigenvalue weighted by molar-refractivity contribution is 6.61. The number of benzene rings is 1. The van der Waals surface area contributed by atoms with Crippen molar-refractivity contribution in [1.29, 1.82) is 0 Å². The van der Waals surface area contributed by atoms with E-state index in [1.54, 1.807) is 0 Å².